The van der Waals surface area contributed by atoms with E-state index in [9.17, 15) is 4.79 Å². The SMILES string of the molecule is CCOC(=O)c1oc(-c2ccc(I)cc2)nc1C1CC1. The topological polar surface area (TPSA) is 52.3 Å². The van der Waals surface area contributed by atoms with Crippen LogP contribution < -0.4 is 0 Å². The first kappa shape index (κ1) is 13.6. The molecule has 4 nitrogen and oxygen atoms in total. The second-order valence-corrected chi connectivity index (χ2v) is 5.98. The normalized spacial score (nSPS) is 14.3. The van der Waals surface area contributed by atoms with E-state index in [0.29, 0.717) is 18.4 Å². The Balaban J connectivity index is 1.98. The number of ether oxygens (including phenoxy) is 1. The summed E-state index contributed by atoms with van der Waals surface area (Å²) >= 11 is 2.24. The van der Waals surface area contributed by atoms with Gasteiger partial charge in [-0.1, -0.05) is 0 Å². The second-order valence-electron chi connectivity index (χ2n) is 4.74. The Labute approximate surface area is 130 Å². The first-order chi connectivity index (χ1) is 9.69. The molecule has 3 rings (SSSR count). The Morgan fingerprint density at radius 2 is 2.10 bits per heavy atom. The van der Waals surface area contributed by atoms with Crippen molar-refractivity contribution in [3.63, 3.8) is 0 Å². The predicted octanol–water partition coefficient (Wildman–Crippen LogP) is 4.00. The highest BCUT2D eigenvalue weighted by Crippen LogP contribution is 2.42. The van der Waals surface area contributed by atoms with Crippen molar-refractivity contribution in [2.45, 2.75) is 25.7 Å². The molecule has 0 saturated heterocycles. The lowest BCUT2D eigenvalue weighted by Crippen LogP contribution is -2.05. The van der Waals surface area contributed by atoms with E-state index >= 15 is 0 Å². The van der Waals surface area contributed by atoms with Crippen molar-refractivity contribution in [3.05, 3.63) is 39.3 Å². The molecular weight excluding hydrogens is 369 g/mol. The number of hydrogen-bond acceptors (Lipinski definition) is 4. The first-order valence-electron chi connectivity index (χ1n) is 6.63. The monoisotopic (exact) mass is 383 g/mol. The number of oxazole rings is 1. The maximum absolute atomic E-state index is 11.9. The summed E-state index contributed by atoms with van der Waals surface area (Å²) in [7, 11) is 0. The molecule has 0 N–H and O–H groups in total. The summed E-state index contributed by atoms with van der Waals surface area (Å²) in [6, 6.07) is 7.86. The van der Waals surface area contributed by atoms with Crippen molar-refractivity contribution in [2.24, 2.45) is 0 Å². The molecule has 1 fully saturated rings. The van der Waals surface area contributed by atoms with Gasteiger partial charge in [0.2, 0.25) is 11.7 Å². The smallest absolute Gasteiger partial charge is 0.376 e. The molecule has 0 bridgehead atoms. The number of halogens is 1. The highest BCUT2D eigenvalue weighted by atomic mass is 127. The minimum Gasteiger partial charge on any atom is -0.460 e. The molecule has 0 aliphatic heterocycles. The number of carbonyl (C=O) groups is 1. The molecular formula is C15H14INO3. The van der Waals surface area contributed by atoms with Crippen LogP contribution in [0.1, 0.15) is 41.9 Å². The van der Waals surface area contributed by atoms with Gasteiger partial charge in [0.1, 0.15) is 0 Å². The summed E-state index contributed by atoms with van der Waals surface area (Å²) in [5.74, 6) is 0.684. The number of benzene rings is 1. The van der Waals surface area contributed by atoms with Crippen LogP contribution >= 0.6 is 22.6 Å². The number of nitrogens with zero attached hydrogens (tertiary/aromatic N) is 1. The molecule has 1 aliphatic rings. The Hall–Kier alpha value is -1.37. The third-order valence-electron chi connectivity index (χ3n) is 3.17. The number of rotatable bonds is 4. The summed E-state index contributed by atoms with van der Waals surface area (Å²) in [6.07, 6.45) is 2.12. The quantitative estimate of drug-likeness (QED) is 0.592. The van der Waals surface area contributed by atoms with Gasteiger partial charge in [0.15, 0.2) is 0 Å². The van der Waals surface area contributed by atoms with Crippen LogP contribution in [0.25, 0.3) is 11.5 Å². The highest BCUT2D eigenvalue weighted by Gasteiger charge is 2.34. The van der Waals surface area contributed by atoms with Gasteiger partial charge in [-0.3, -0.25) is 0 Å². The molecule has 0 atom stereocenters. The largest absolute Gasteiger partial charge is 0.460 e. The van der Waals surface area contributed by atoms with Crippen molar-refractivity contribution in [1.29, 1.82) is 0 Å². The van der Waals surface area contributed by atoms with E-state index in [-0.39, 0.29) is 5.76 Å². The van der Waals surface area contributed by atoms with Gasteiger partial charge in [0, 0.05) is 15.1 Å². The van der Waals surface area contributed by atoms with Gasteiger partial charge in [-0.2, -0.15) is 0 Å². The molecule has 1 aliphatic carbocycles. The lowest BCUT2D eigenvalue weighted by molar-refractivity contribution is 0.0489. The van der Waals surface area contributed by atoms with Crippen LogP contribution in [-0.2, 0) is 4.74 Å². The van der Waals surface area contributed by atoms with E-state index in [1.165, 1.54) is 0 Å². The van der Waals surface area contributed by atoms with Crippen LogP contribution in [-0.4, -0.2) is 17.6 Å². The Morgan fingerprint density at radius 1 is 1.40 bits per heavy atom. The van der Waals surface area contributed by atoms with Gasteiger partial charge in [-0.25, -0.2) is 9.78 Å². The van der Waals surface area contributed by atoms with E-state index in [0.717, 1.165) is 27.7 Å². The van der Waals surface area contributed by atoms with Crippen LogP contribution in [0.3, 0.4) is 0 Å². The first-order valence-corrected chi connectivity index (χ1v) is 7.70. The third kappa shape index (κ3) is 2.72. The van der Waals surface area contributed by atoms with Gasteiger partial charge >= 0.3 is 5.97 Å². The molecule has 0 unspecified atom stereocenters. The van der Waals surface area contributed by atoms with E-state index in [2.05, 4.69) is 27.6 Å². The van der Waals surface area contributed by atoms with Crippen molar-refractivity contribution in [3.8, 4) is 11.5 Å². The molecule has 1 saturated carbocycles. The number of hydrogen-bond donors (Lipinski definition) is 0. The Morgan fingerprint density at radius 3 is 2.70 bits per heavy atom. The fourth-order valence-corrected chi connectivity index (χ4v) is 2.38. The summed E-state index contributed by atoms with van der Waals surface area (Å²) in [5.41, 5.74) is 1.62. The zero-order chi connectivity index (χ0) is 14.1. The number of carbonyl (C=O) groups excluding carboxylic acids is 1. The lowest BCUT2D eigenvalue weighted by Gasteiger charge is -1.99. The third-order valence-corrected chi connectivity index (χ3v) is 3.89. The van der Waals surface area contributed by atoms with Crippen LogP contribution in [0, 0.1) is 3.57 Å². The van der Waals surface area contributed by atoms with Gasteiger partial charge in [0.25, 0.3) is 0 Å². The summed E-state index contributed by atoms with van der Waals surface area (Å²) in [6.45, 7) is 2.12. The Bertz CT molecular complexity index is 629. The maximum atomic E-state index is 11.9. The van der Waals surface area contributed by atoms with Crippen molar-refractivity contribution >= 4 is 28.6 Å². The number of esters is 1. The molecule has 0 amide bonds. The average molecular weight is 383 g/mol. The second kappa shape index (κ2) is 5.55. The van der Waals surface area contributed by atoms with Crippen LogP contribution in [0.4, 0.5) is 0 Å². The van der Waals surface area contributed by atoms with Crippen molar-refractivity contribution < 1.29 is 13.9 Å². The van der Waals surface area contributed by atoms with Crippen molar-refractivity contribution in [2.75, 3.05) is 6.61 Å². The summed E-state index contributed by atoms with van der Waals surface area (Å²) < 4.78 is 11.9. The van der Waals surface area contributed by atoms with E-state index < -0.39 is 5.97 Å². The molecule has 1 aromatic heterocycles. The molecule has 20 heavy (non-hydrogen) atoms. The van der Waals surface area contributed by atoms with E-state index in [1.807, 2.05) is 24.3 Å². The standard InChI is InChI=1S/C15H14INO3/c1-2-19-15(18)13-12(9-3-4-9)17-14(20-13)10-5-7-11(16)8-6-10/h5-9H,2-4H2,1H3. The molecule has 0 spiro atoms. The molecule has 1 heterocycles. The minimum absolute atomic E-state index is 0.267. The van der Waals surface area contributed by atoms with Crippen LogP contribution in [0.2, 0.25) is 0 Å². The van der Waals surface area contributed by atoms with Gasteiger partial charge in [-0.05, 0) is 66.6 Å². The zero-order valence-electron chi connectivity index (χ0n) is 11.1. The minimum atomic E-state index is -0.418. The Kier molecular flexibility index (Phi) is 3.78. The van der Waals surface area contributed by atoms with Crippen LogP contribution in [0.5, 0.6) is 0 Å². The summed E-state index contributed by atoms with van der Waals surface area (Å²) in [5, 5.41) is 0. The maximum Gasteiger partial charge on any atom is 0.376 e. The predicted molar refractivity (Wildman–Crippen MR) is 82.6 cm³/mol. The average Bonchev–Trinajstić information content (AvgIpc) is 3.19. The molecule has 0 radical (unpaired) electrons. The summed E-state index contributed by atoms with van der Waals surface area (Å²) in [4.78, 5) is 16.4. The molecule has 104 valence electrons. The van der Waals surface area contributed by atoms with E-state index in [4.69, 9.17) is 9.15 Å². The van der Waals surface area contributed by atoms with Crippen LogP contribution in [0.15, 0.2) is 28.7 Å². The molecule has 1 aromatic carbocycles. The fourth-order valence-electron chi connectivity index (χ4n) is 2.02. The zero-order valence-corrected chi connectivity index (χ0v) is 13.2. The number of aromatic nitrogens is 1. The highest BCUT2D eigenvalue weighted by molar-refractivity contribution is 14.1. The van der Waals surface area contributed by atoms with Crippen molar-refractivity contribution in [1.82, 2.24) is 4.98 Å². The van der Waals surface area contributed by atoms with Gasteiger partial charge in [-0.15, -0.1) is 0 Å². The lowest BCUT2D eigenvalue weighted by atomic mass is 10.2. The van der Waals surface area contributed by atoms with Gasteiger partial charge < -0.3 is 9.15 Å². The fraction of sp³-hybridized carbons (Fsp3) is 0.333. The van der Waals surface area contributed by atoms with Gasteiger partial charge in [0.05, 0.1) is 12.3 Å². The molecule has 2 aromatic rings. The van der Waals surface area contributed by atoms with E-state index in [1.54, 1.807) is 6.92 Å². The molecule has 5 heteroatoms.